The molecule has 0 saturated carbocycles. The fourth-order valence-corrected chi connectivity index (χ4v) is 3.70. The van der Waals surface area contributed by atoms with Crippen molar-refractivity contribution < 1.29 is 13.2 Å². The minimum absolute atomic E-state index is 0.0921. The predicted molar refractivity (Wildman–Crippen MR) is 85.9 cm³/mol. The van der Waals surface area contributed by atoms with Gasteiger partial charge in [-0.2, -0.15) is 11.8 Å². The lowest BCUT2D eigenvalue weighted by Gasteiger charge is -2.09. The number of hydrogen-bond acceptors (Lipinski definition) is 5. The summed E-state index contributed by atoms with van der Waals surface area (Å²) < 4.78 is 21.9. The number of nitrogen functional groups attached to an aromatic ring is 1. The van der Waals surface area contributed by atoms with Crippen LogP contribution in [0.3, 0.4) is 0 Å². The Labute approximate surface area is 124 Å². The molecule has 0 aromatic heterocycles. The van der Waals surface area contributed by atoms with E-state index in [2.05, 4.69) is 5.32 Å². The molecular formula is C13H20N2O3S2. The van der Waals surface area contributed by atoms with Gasteiger partial charge in [0.2, 0.25) is 5.91 Å². The second-order valence-corrected chi connectivity index (χ2v) is 8.04. The highest BCUT2D eigenvalue weighted by Gasteiger charge is 2.07. The Hall–Kier alpha value is -1.21. The lowest BCUT2D eigenvalue weighted by atomic mass is 10.1. The lowest BCUT2D eigenvalue weighted by Crippen LogP contribution is -2.14. The molecule has 0 atom stereocenters. The number of hydrogen-bond donors (Lipinski definition) is 2. The highest BCUT2D eigenvalue weighted by Crippen LogP contribution is 2.20. The van der Waals surface area contributed by atoms with Gasteiger partial charge in [0.25, 0.3) is 0 Å². The van der Waals surface area contributed by atoms with Crippen LogP contribution in [0, 0.1) is 6.92 Å². The Kier molecular flexibility index (Phi) is 6.35. The van der Waals surface area contributed by atoms with Crippen molar-refractivity contribution >= 4 is 38.9 Å². The number of carbonyl (C=O) groups excluding carboxylic acids is 1. The zero-order valence-corrected chi connectivity index (χ0v) is 13.3. The fraction of sp³-hybridized carbons (Fsp3) is 0.462. The number of carbonyl (C=O) groups is 1. The maximum atomic E-state index is 11.8. The molecule has 112 valence electrons. The molecule has 20 heavy (non-hydrogen) atoms. The number of sulfone groups is 1. The van der Waals surface area contributed by atoms with E-state index in [1.807, 2.05) is 6.92 Å². The number of nitrogens with one attached hydrogen (secondary N) is 1. The van der Waals surface area contributed by atoms with Gasteiger partial charge < -0.3 is 11.1 Å². The zero-order valence-electron chi connectivity index (χ0n) is 11.7. The van der Waals surface area contributed by atoms with Crippen LogP contribution in [0.15, 0.2) is 18.2 Å². The molecule has 1 amide bonds. The van der Waals surface area contributed by atoms with Gasteiger partial charge in [0.05, 0.1) is 5.75 Å². The van der Waals surface area contributed by atoms with E-state index in [1.165, 1.54) is 18.0 Å². The molecule has 0 saturated heterocycles. The van der Waals surface area contributed by atoms with Gasteiger partial charge in [-0.05, 0) is 24.6 Å². The van der Waals surface area contributed by atoms with E-state index in [0.29, 0.717) is 23.6 Å². The fourth-order valence-electron chi connectivity index (χ4n) is 1.48. The van der Waals surface area contributed by atoms with Gasteiger partial charge in [0.1, 0.15) is 9.84 Å². The summed E-state index contributed by atoms with van der Waals surface area (Å²) >= 11 is 1.46. The Bertz CT molecular complexity index is 571. The third-order valence-electron chi connectivity index (χ3n) is 2.72. The molecule has 1 aromatic carbocycles. The molecule has 1 aromatic rings. The monoisotopic (exact) mass is 316 g/mol. The first-order chi connectivity index (χ1) is 9.29. The third kappa shape index (κ3) is 6.29. The van der Waals surface area contributed by atoms with Crippen molar-refractivity contribution in [1.29, 1.82) is 0 Å². The molecule has 0 heterocycles. The summed E-state index contributed by atoms with van der Waals surface area (Å²) in [4.78, 5) is 11.8. The number of anilines is 2. The van der Waals surface area contributed by atoms with E-state index in [0.717, 1.165) is 11.3 Å². The van der Waals surface area contributed by atoms with Crippen LogP contribution in [-0.4, -0.2) is 37.8 Å². The molecule has 0 radical (unpaired) electrons. The standard InChI is InChI=1S/C13H20N2O3S2/c1-10-11(14)4-3-5-12(10)15-13(16)6-7-19-8-9-20(2,17)18/h3-5H,6-9,14H2,1-2H3,(H,15,16). The van der Waals surface area contributed by atoms with Crippen molar-refractivity contribution in [2.45, 2.75) is 13.3 Å². The second-order valence-electron chi connectivity index (χ2n) is 4.56. The quantitative estimate of drug-likeness (QED) is 0.590. The molecule has 5 nitrogen and oxygen atoms in total. The van der Waals surface area contributed by atoms with Gasteiger partial charge in [-0.3, -0.25) is 4.79 Å². The molecule has 0 aliphatic heterocycles. The molecule has 1 rings (SSSR count). The van der Waals surface area contributed by atoms with E-state index in [-0.39, 0.29) is 11.7 Å². The minimum Gasteiger partial charge on any atom is -0.398 e. The topological polar surface area (TPSA) is 89.3 Å². The van der Waals surface area contributed by atoms with Crippen LogP contribution in [0.2, 0.25) is 0 Å². The molecule has 0 fully saturated rings. The summed E-state index contributed by atoms with van der Waals surface area (Å²) in [5.41, 5.74) is 7.98. The zero-order chi connectivity index (χ0) is 15.2. The van der Waals surface area contributed by atoms with Crippen LogP contribution in [0.25, 0.3) is 0 Å². The van der Waals surface area contributed by atoms with Crippen LogP contribution in [0.5, 0.6) is 0 Å². The number of rotatable bonds is 7. The van der Waals surface area contributed by atoms with Gasteiger partial charge in [-0.25, -0.2) is 8.42 Å². The molecule has 0 unspecified atom stereocenters. The van der Waals surface area contributed by atoms with E-state index in [9.17, 15) is 13.2 Å². The SMILES string of the molecule is Cc1c(N)cccc1NC(=O)CCSCCS(C)(=O)=O. The normalized spacial score (nSPS) is 11.3. The number of nitrogens with two attached hydrogens (primary N) is 1. The predicted octanol–water partition coefficient (Wildman–Crippen LogP) is 1.68. The summed E-state index contributed by atoms with van der Waals surface area (Å²) in [5.74, 6) is 1.17. The summed E-state index contributed by atoms with van der Waals surface area (Å²) in [6, 6.07) is 5.38. The van der Waals surface area contributed by atoms with Crippen molar-refractivity contribution in [1.82, 2.24) is 0 Å². The van der Waals surface area contributed by atoms with Crippen molar-refractivity contribution in [2.75, 3.05) is 34.6 Å². The van der Waals surface area contributed by atoms with Crippen molar-refractivity contribution in [3.8, 4) is 0 Å². The molecule has 3 N–H and O–H groups in total. The summed E-state index contributed by atoms with van der Waals surface area (Å²) in [6.07, 6.45) is 1.56. The average molecular weight is 316 g/mol. The molecule has 7 heteroatoms. The number of thioether (sulfide) groups is 1. The first-order valence-electron chi connectivity index (χ1n) is 6.20. The van der Waals surface area contributed by atoms with Crippen LogP contribution in [-0.2, 0) is 14.6 Å². The number of benzene rings is 1. The minimum atomic E-state index is -2.92. The Morgan fingerprint density at radius 3 is 2.70 bits per heavy atom. The van der Waals surface area contributed by atoms with Gasteiger partial charge in [0.15, 0.2) is 0 Å². The van der Waals surface area contributed by atoms with Gasteiger partial charge in [-0.15, -0.1) is 0 Å². The summed E-state index contributed by atoms with van der Waals surface area (Å²) in [5, 5.41) is 2.81. The largest absolute Gasteiger partial charge is 0.398 e. The van der Waals surface area contributed by atoms with Gasteiger partial charge in [-0.1, -0.05) is 6.07 Å². The first kappa shape index (κ1) is 16.8. The van der Waals surface area contributed by atoms with Gasteiger partial charge >= 0.3 is 0 Å². The Balaban J connectivity index is 2.32. The highest BCUT2D eigenvalue weighted by molar-refractivity contribution is 8.00. The lowest BCUT2D eigenvalue weighted by molar-refractivity contribution is -0.115. The van der Waals surface area contributed by atoms with E-state index < -0.39 is 9.84 Å². The van der Waals surface area contributed by atoms with Crippen LogP contribution in [0.4, 0.5) is 11.4 Å². The third-order valence-corrected chi connectivity index (χ3v) is 4.91. The van der Waals surface area contributed by atoms with Crippen LogP contribution >= 0.6 is 11.8 Å². The molecule has 0 aliphatic rings. The highest BCUT2D eigenvalue weighted by atomic mass is 32.2. The van der Waals surface area contributed by atoms with E-state index in [1.54, 1.807) is 18.2 Å². The number of amides is 1. The smallest absolute Gasteiger partial charge is 0.225 e. The van der Waals surface area contributed by atoms with Crippen LogP contribution in [0.1, 0.15) is 12.0 Å². The average Bonchev–Trinajstić information content (AvgIpc) is 2.33. The molecule has 0 bridgehead atoms. The van der Waals surface area contributed by atoms with Crippen molar-refractivity contribution in [2.24, 2.45) is 0 Å². The van der Waals surface area contributed by atoms with E-state index >= 15 is 0 Å². The molecule has 0 spiro atoms. The molecular weight excluding hydrogens is 296 g/mol. The van der Waals surface area contributed by atoms with Gasteiger partial charge in [0, 0.05) is 35.6 Å². The van der Waals surface area contributed by atoms with Crippen molar-refractivity contribution in [3.05, 3.63) is 23.8 Å². The maximum Gasteiger partial charge on any atom is 0.225 e. The first-order valence-corrected chi connectivity index (χ1v) is 9.41. The van der Waals surface area contributed by atoms with Crippen LogP contribution < -0.4 is 11.1 Å². The Morgan fingerprint density at radius 1 is 1.35 bits per heavy atom. The summed E-state index contributed by atoms with van der Waals surface area (Å²) in [7, 11) is -2.92. The van der Waals surface area contributed by atoms with Crippen molar-refractivity contribution in [3.63, 3.8) is 0 Å². The molecule has 0 aliphatic carbocycles. The maximum absolute atomic E-state index is 11.8. The van der Waals surface area contributed by atoms with E-state index in [4.69, 9.17) is 5.73 Å². The summed E-state index contributed by atoms with van der Waals surface area (Å²) in [6.45, 7) is 1.85. The Morgan fingerprint density at radius 2 is 2.05 bits per heavy atom. The second kappa shape index (κ2) is 7.54.